The molecule has 0 aliphatic heterocycles. The number of rotatable bonds is 6. The van der Waals surface area contributed by atoms with Gasteiger partial charge in [-0.1, -0.05) is 20.8 Å². The van der Waals surface area contributed by atoms with Gasteiger partial charge in [-0.05, 0) is 56.9 Å². The van der Waals surface area contributed by atoms with E-state index in [4.69, 9.17) is 0 Å². The molecule has 0 amide bonds. The smallest absolute Gasteiger partial charge is 0.0943 e. The molecule has 0 bridgehead atoms. The van der Waals surface area contributed by atoms with Gasteiger partial charge in [0.1, 0.15) is 0 Å². The van der Waals surface area contributed by atoms with Gasteiger partial charge in [0.05, 0.1) is 5.01 Å². The first-order valence-corrected chi connectivity index (χ1v) is 9.02. The van der Waals surface area contributed by atoms with Crippen molar-refractivity contribution < 1.29 is 0 Å². The maximum atomic E-state index is 4.66. The first-order chi connectivity index (χ1) is 9.50. The number of aromatic nitrogens is 1. The Hall–Kier alpha value is -0.410. The maximum absolute atomic E-state index is 4.66. The van der Waals surface area contributed by atoms with Crippen molar-refractivity contribution in [3.8, 4) is 0 Å². The largest absolute Gasteiger partial charge is 0.313 e. The SMILES string of the molecule is CCCNC(Cc1nc(C)cs1)C1CCC(C)(C)CC1. The van der Waals surface area contributed by atoms with Gasteiger partial charge in [-0.2, -0.15) is 0 Å². The Morgan fingerprint density at radius 2 is 2.10 bits per heavy atom. The van der Waals surface area contributed by atoms with Crippen molar-refractivity contribution >= 4 is 11.3 Å². The summed E-state index contributed by atoms with van der Waals surface area (Å²) >= 11 is 1.82. The number of thiazole rings is 1. The van der Waals surface area contributed by atoms with Gasteiger partial charge in [0, 0.05) is 23.5 Å². The molecule has 0 aromatic carbocycles. The van der Waals surface area contributed by atoms with Gasteiger partial charge in [-0.3, -0.25) is 0 Å². The quantitative estimate of drug-likeness (QED) is 0.830. The molecule has 1 fully saturated rings. The second kappa shape index (κ2) is 7.04. The van der Waals surface area contributed by atoms with E-state index in [1.54, 1.807) is 0 Å². The van der Waals surface area contributed by atoms with Crippen LogP contribution in [0.3, 0.4) is 0 Å². The van der Waals surface area contributed by atoms with Crippen LogP contribution in [0, 0.1) is 18.3 Å². The molecule has 20 heavy (non-hydrogen) atoms. The van der Waals surface area contributed by atoms with Crippen LogP contribution >= 0.6 is 11.3 Å². The van der Waals surface area contributed by atoms with E-state index in [9.17, 15) is 0 Å². The van der Waals surface area contributed by atoms with E-state index in [0.717, 1.165) is 18.9 Å². The van der Waals surface area contributed by atoms with Crippen LogP contribution in [-0.4, -0.2) is 17.6 Å². The molecule has 0 spiro atoms. The fraction of sp³-hybridized carbons (Fsp3) is 0.824. The van der Waals surface area contributed by atoms with Crippen LogP contribution in [0.1, 0.15) is 63.6 Å². The summed E-state index contributed by atoms with van der Waals surface area (Å²) in [7, 11) is 0. The molecule has 3 heteroatoms. The minimum atomic E-state index is 0.559. The van der Waals surface area contributed by atoms with Crippen LogP contribution in [0.2, 0.25) is 0 Å². The third kappa shape index (κ3) is 4.56. The lowest BCUT2D eigenvalue weighted by Crippen LogP contribution is -2.41. The van der Waals surface area contributed by atoms with Gasteiger partial charge < -0.3 is 5.32 Å². The molecular formula is C17H30N2S. The van der Waals surface area contributed by atoms with E-state index in [1.165, 1.54) is 42.8 Å². The number of nitrogens with zero attached hydrogens (tertiary/aromatic N) is 1. The third-order valence-electron chi connectivity index (χ3n) is 4.67. The summed E-state index contributed by atoms with van der Waals surface area (Å²) in [4.78, 5) is 4.66. The Kier molecular flexibility index (Phi) is 5.62. The van der Waals surface area contributed by atoms with Gasteiger partial charge in [-0.15, -0.1) is 11.3 Å². The van der Waals surface area contributed by atoms with Crippen molar-refractivity contribution in [1.29, 1.82) is 0 Å². The Morgan fingerprint density at radius 3 is 2.65 bits per heavy atom. The van der Waals surface area contributed by atoms with Gasteiger partial charge in [0.15, 0.2) is 0 Å². The molecule has 114 valence electrons. The van der Waals surface area contributed by atoms with Crippen LogP contribution in [0.25, 0.3) is 0 Å². The van der Waals surface area contributed by atoms with E-state index in [0.29, 0.717) is 11.5 Å². The molecule has 0 saturated heterocycles. The Morgan fingerprint density at radius 1 is 1.40 bits per heavy atom. The van der Waals surface area contributed by atoms with Crippen LogP contribution in [-0.2, 0) is 6.42 Å². The highest BCUT2D eigenvalue weighted by atomic mass is 32.1. The van der Waals surface area contributed by atoms with E-state index in [-0.39, 0.29) is 0 Å². The number of hydrogen-bond acceptors (Lipinski definition) is 3. The summed E-state index contributed by atoms with van der Waals surface area (Å²) in [5, 5.41) is 7.27. The minimum absolute atomic E-state index is 0.559. The Balaban J connectivity index is 1.96. The molecule has 0 radical (unpaired) electrons. The molecule has 1 atom stereocenters. The molecule has 2 rings (SSSR count). The molecule has 1 aliphatic rings. The summed E-state index contributed by atoms with van der Waals surface area (Å²) in [5.41, 5.74) is 1.73. The van der Waals surface area contributed by atoms with Gasteiger partial charge in [0.25, 0.3) is 0 Å². The Bertz CT molecular complexity index is 401. The molecule has 2 nitrogen and oxygen atoms in total. The fourth-order valence-electron chi connectivity index (χ4n) is 3.24. The van der Waals surface area contributed by atoms with Crippen molar-refractivity contribution in [2.24, 2.45) is 11.3 Å². The zero-order chi connectivity index (χ0) is 14.6. The predicted molar refractivity (Wildman–Crippen MR) is 88.4 cm³/mol. The molecule has 1 aromatic rings. The van der Waals surface area contributed by atoms with E-state index in [1.807, 2.05) is 11.3 Å². The van der Waals surface area contributed by atoms with E-state index in [2.05, 4.69) is 43.4 Å². The van der Waals surface area contributed by atoms with Gasteiger partial charge in [0.2, 0.25) is 0 Å². The van der Waals surface area contributed by atoms with Crippen molar-refractivity contribution in [3.05, 3.63) is 16.1 Å². The van der Waals surface area contributed by atoms with Gasteiger partial charge >= 0.3 is 0 Å². The standard InChI is InChI=1S/C17H30N2S/c1-5-10-18-15(11-16-19-13(2)12-20-16)14-6-8-17(3,4)9-7-14/h12,14-15,18H,5-11H2,1-4H3. The zero-order valence-electron chi connectivity index (χ0n) is 13.5. The molecule has 1 aliphatic carbocycles. The van der Waals surface area contributed by atoms with E-state index < -0.39 is 0 Å². The molecule has 1 heterocycles. The highest BCUT2D eigenvalue weighted by molar-refractivity contribution is 7.09. The number of nitrogens with one attached hydrogen (secondary N) is 1. The molecular weight excluding hydrogens is 264 g/mol. The molecule has 1 unspecified atom stereocenters. The van der Waals surface area contributed by atoms with Crippen LogP contribution in [0.15, 0.2) is 5.38 Å². The third-order valence-corrected chi connectivity index (χ3v) is 5.66. The van der Waals surface area contributed by atoms with Crippen LogP contribution in [0.5, 0.6) is 0 Å². The van der Waals surface area contributed by atoms with Gasteiger partial charge in [-0.25, -0.2) is 4.98 Å². The summed E-state index contributed by atoms with van der Waals surface area (Å²) in [6, 6.07) is 0.622. The summed E-state index contributed by atoms with van der Waals surface area (Å²) in [6.07, 6.45) is 7.82. The monoisotopic (exact) mass is 294 g/mol. The lowest BCUT2D eigenvalue weighted by Gasteiger charge is -2.38. The maximum Gasteiger partial charge on any atom is 0.0943 e. The number of hydrogen-bond donors (Lipinski definition) is 1. The van der Waals surface area contributed by atoms with Crippen LogP contribution in [0.4, 0.5) is 0 Å². The van der Waals surface area contributed by atoms with Crippen molar-refractivity contribution in [2.45, 2.75) is 72.3 Å². The topological polar surface area (TPSA) is 24.9 Å². The average Bonchev–Trinajstić information content (AvgIpc) is 2.80. The van der Waals surface area contributed by atoms with Crippen molar-refractivity contribution in [2.75, 3.05) is 6.54 Å². The van der Waals surface area contributed by atoms with Crippen molar-refractivity contribution in [1.82, 2.24) is 10.3 Å². The first kappa shape index (κ1) is 16.0. The fourth-order valence-corrected chi connectivity index (χ4v) is 4.08. The number of aryl methyl sites for hydroxylation is 1. The molecule has 1 saturated carbocycles. The average molecular weight is 295 g/mol. The highest BCUT2D eigenvalue weighted by Crippen LogP contribution is 2.39. The normalized spacial score (nSPS) is 21.0. The summed E-state index contributed by atoms with van der Waals surface area (Å²) in [5.74, 6) is 0.832. The Labute approximate surface area is 128 Å². The molecule has 1 aromatic heterocycles. The summed E-state index contributed by atoms with van der Waals surface area (Å²) in [6.45, 7) is 10.3. The first-order valence-electron chi connectivity index (χ1n) is 8.14. The predicted octanol–water partition coefficient (Wildman–Crippen LogP) is 4.58. The van der Waals surface area contributed by atoms with Crippen LogP contribution < -0.4 is 5.32 Å². The second-order valence-corrected chi connectivity index (χ2v) is 8.09. The lowest BCUT2D eigenvalue weighted by atomic mass is 9.70. The highest BCUT2D eigenvalue weighted by Gasteiger charge is 2.31. The van der Waals surface area contributed by atoms with Crippen molar-refractivity contribution in [3.63, 3.8) is 0 Å². The molecule has 1 N–H and O–H groups in total. The minimum Gasteiger partial charge on any atom is -0.313 e. The second-order valence-electron chi connectivity index (χ2n) is 7.15. The summed E-state index contributed by atoms with van der Waals surface area (Å²) < 4.78 is 0. The zero-order valence-corrected chi connectivity index (χ0v) is 14.4. The van der Waals surface area contributed by atoms with E-state index >= 15 is 0 Å². The lowest BCUT2D eigenvalue weighted by molar-refractivity contribution is 0.160.